The first kappa shape index (κ1) is 27.4. The minimum atomic E-state index is -0.177. The van der Waals surface area contributed by atoms with E-state index in [1.165, 1.54) is 49.6 Å². The third-order valence-electron chi connectivity index (χ3n) is 10.1. The van der Waals surface area contributed by atoms with Crippen molar-refractivity contribution in [3.05, 3.63) is 120 Å². The van der Waals surface area contributed by atoms with Gasteiger partial charge in [0.1, 0.15) is 7.05 Å². The third-order valence-corrected chi connectivity index (χ3v) is 10.1. The standard InChI is InChI=1S/C39H44N2/c1-8-38(6)33-18-12-15-28-20-21-29-17-14-26-41(36(29)35(28)33)39(38,9-2)24-13-16-30-27-31(37(3,4)5)22-23-32(30)34-19-10-11-25-40(34)7/h10-15,17-27H,8-9,16H2,1-7H3/q+2. The van der Waals surface area contributed by atoms with E-state index in [1.54, 1.807) is 0 Å². The minimum Gasteiger partial charge on any atom is -0.201 e. The highest BCUT2D eigenvalue weighted by Crippen LogP contribution is 2.50. The molecule has 1 aliphatic rings. The zero-order valence-electron chi connectivity index (χ0n) is 25.8. The fourth-order valence-electron chi connectivity index (χ4n) is 7.47. The van der Waals surface area contributed by atoms with Gasteiger partial charge in [0.2, 0.25) is 11.2 Å². The number of nitrogens with zero attached hydrogens (tertiary/aromatic N) is 2. The van der Waals surface area contributed by atoms with Crippen LogP contribution in [0.4, 0.5) is 0 Å². The normalized spacial score (nSPS) is 20.5. The maximum absolute atomic E-state index is 2.61. The van der Waals surface area contributed by atoms with Crippen molar-refractivity contribution in [2.24, 2.45) is 7.05 Å². The van der Waals surface area contributed by atoms with Gasteiger partial charge in [-0.2, -0.15) is 4.57 Å². The Morgan fingerprint density at radius 2 is 1.59 bits per heavy atom. The molecular formula is C39H44N2+2. The molecule has 2 nitrogen and oxygen atoms in total. The number of benzene rings is 3. The van der Waals surface area contributed by atoms with E-state index >= 15 is 0 Å². The molecule has 2 atom stereocenters. The smallest absolute Gasteiger partial charge is 0.201 e. The Labute approximate surface area is 246 Å². The first-order valence-electron chi connectivity index (χ1n) is 15.3. The van der Waals surface area contributed by atoms with Crippen molar-refractivity contribution in [2.75, 3.05) is 0 Å². The van der Waals surface area contributed by atoms with Gasteiger partial charge >= 0.3 is 0 Å². The number of allylic oxidation sites excluding steroid dienone is 2. The number of pyridine rings is 2. The van der Waals surface area contributed by atoms with Crippen molar-refractivity contribution in [1.29, 1.82) is 0 Å². The largest absolute Gasteiger partial charge is 0.221 e. The molecule has 0 fully saturated rings. The van der Waals surface area contributed by atoms with Gasteiger partial charge in [-0.15, -0.1) is 0 Å². The molecule has 0 saturated heterocycles. The third kappa shape index (κ3) is 4.14. The number of hydrogen-bond acceptors (Lipinski definition) is 0. The van der Waals surface area contributed by atoms with E-state index in [9.17, 15) is 0 Å². The van der Waals surface area contributed by atoms with Crippen LogP contribution in [-0.2, 0) is 29.8 Å². The second kappa shape index (κ2) is 9.94. The lowest BCUT2D eigenvalue weighted by Gasteiger charge is -2.45. The van der Waals surface area contributed by atoms with Crippen LogP contribution in [0.3, 0.4) is 0 Å². The molecule has 5 aromatic rings. The summed E-state index contributed by atoms with van der Waals surface area (Å²) < 4.78 is 4.84. The first-order chi connectivity index (χ1) is 19.6. The van der Waals surface area contributed by atoms with Crippen molar-refractivity contribution in [3.63, 3.8) is 0 Å². The summed E-state index contributed by atoms with van der Waals surface area (Å²) in [6.45, 7) is 14.1. The molecule has 1 aliphatic heterocycles. The molecule has 0 aliphatic carbocycles. The van der Waals surface area contributed by atoms with E-state index in [-0.39, 0.29) is 16.4 Å². The van der Waals surface area contributed by atoms with Crippen LogP contribution in [0.25, 0.3) is 32.9 Å². The maximum atomic E-state index is 2.61. The van der Waals surface area contributed by atoms with Gasteiger partial charge in [-0.1, -0.05) is 77.1 Å². The molecule has 6 rings (SSSR count). The minimum absolute atomic E-state index is 0.0486. The average molecular weight is 541 g/mol. The van der Waals surface area contributed by atoms with Gasteiger partial charge < -0.3 is 0 Å². The molecule has 208 valence electrons. The second-order valence-corrected chi connectivity index (χ2v) is 13.2. The van der Waals surface area contributed by atoms with Crippen molar-refractivity contribution < 1.29 is 9.13 Å². The molecule has 0 amide bonds. The molecule has 0 bridgehead atoms. The summed E-state index contributed by atoms with van der Waals surface area (Å²) in [6.07, 6.45) is 12.5. The summed E-state index contributed by atoms with van der Waals surface area (Å²) >= 11 is 0. The number of aromatic nitrogens is 2. The Morgan fingerprint density at radius 3 is 2.32 bits per heavy atom. The zero-order chi connectivity index (χ0) is 29.0. The summed E-state index contributed by atoms with van der Waals surface area (Å²) in [6, 6.07) is 29.6. The fraction of sp³-hybridized carbons (Fsp3) is 0.333. The Bertz CT molecular complexity index is 1800. The Morgan fingerprint density at radius 1 is 0.805 bits per heavy atom. The molecule has 3 heterocycles. The van der Waals surface area contributed by atoms with Crippen molar-refractivity contribution in [2.45, 2.75) is 77.2 Å². The molecule has 0 spiro atoms. The molecule has 41 heavy (non-hydrogen) atoms. The van der Waals surface area contributed by atoms with Crippen LogP contribution in [-0.4, -0.2) is 0 Å². The fourth-order valence-corrected chi connectivity index (χ4v) is 7.47. The second-order valence-electron chi connectivity index (χ2n) is 13.2. The topological polar surface area (TPSA) is 7.76 Å². The van der Waals surface area contributed by atoms with Crippen LogP contribution >= 0.6 is 0 Å². The van der Waals surface area contributed by atoms with Gasteiger partial charge in [-0.25, -0.2) is 4.57 Å². The van der Waals surface area contributed by atoms with Gasteiger partial charge in [0.25, 0.3) is 0 Å². The SMILES string of the molecule is CCC1(C)c2cccc3ccc4ccc[n+](c4c23)C1(C=CCc1cc(C(C)(C)C)ccc1-c1cccc[n+]1C)CC. The van der Waals surface area contributed by atoms with Gasteiger partial charge in [0.05, 0.1) is 10.8 Å². The van der Waals surface area contributed by atoms with Gasteiger partial charge in [-0.3, -0.25) is 0 Å². The zero-order valence-corrected chi connectivity index (χ0v) is 25.8. The summed E-state index contributed by atoms with van der Waals surface area (Å²) in [5.41, 5.74) is 8.03. The predicted molar refractivity (Wildman–Crippen MR) is 172 cm³/mol. The van der Waals surface area contributed by atoms with Crippen LogP contribution < -0.4 is 9.13 Å². The number of aryl methyl sites for hydroxylation is 1. The molecule has 0 radical (unpaired) electrons. The van der Waals surface area contributed by atoms with E-state index in [1.807, 2.05) is 0 Å². The highest BCUT2D eigenvalue weighted by atomic mass is 15.1. The lowest BCUT2D eigenvalue weighted by molar-refractivity contribution is -0.741. The summed E-state index contributed by atoms with van der Waals surface area (Å²) in [7, 11) is 2.14. The van der Waals surface area contributed by atoms with Crippen molar-refractivity contribution in [3.8, 4) is 11.3 Å². The van der Waals surface area contributed by atoms with E-state index in [4.69, 9.17) is 0 Å². The molecular weight excluding hydrogens is 496 g/mol. The van der Waals surface area contributed by atoms with Gasteiger partial charge in [-0.05, 0) is 77.6 Å². The van der Waals surface area contributed by atoms with Crippen molar-refractivity contribution in [1.82, 2.24) is 0 Å². The molecule has 2 heteroatoms. The average Bonchev–Trinajstić information content (AvgIpc) is 2.98. The van der Waals surface area contributed by atoms with E-state index in [2.05, 4.69) is 161 Å². The van der Waals surface area contributed by atoms with Crippen LogP contribution in [0.2, 0.25) is 0 Å². The maximum Gasteiger partial charge on any atom is 0.221 e. The molecule has 2 aromatic heterocycles. The Balaban J connectivity index is 1.54. The number of rotatable bonds is 6. The van der Waals surface area contributed by atoms with E-state index in [0.29, 0.717) is 0 Å². The number of hydrogen-bond donors (Lipinski definition) is 0. The Kier molecular flexibility index (Phi) is 6.64. The van der Waals surface area contributed by atoms with E-state index < -0.39 is 0 Å². The molecule has 0 N–H and O–H groups in total. The van der Waals surface area contributed by atoms with Crippen LogP contribution in [0.15, 0.2) is 103 Å². The quantitative estimate of drug-likeness (QED) is 0.116. The lowest BCUT2D eigenvalue weighted by Crippen LogP contribution is -2.67. The Hall–Kier alpha value is -3.78. The van der Waals surface area contributed by atoms with E-state index in [0.717, 1.165) is 19.3 Å². The van der Waals surface area contributed by atoms with Crippen molar-refractivity contribution >= 4 is 21.7 Å². The lowest BCUT2D eigenvalue weighted by atomic mass is 9.60. The highest BCUT2D eigenvalue weighted by molar-refractivity contribution is 6.06. The monoisotopic (exact) mass is 540 g/mol. The van der Waals surface area contributed by atoms with Crippen LogP contribution in [0.1, 0.15) is 71.1 Å². The summed E-state index contributed by atoms with van der Waals surface area (Å²) in [5, 5.41) is 4.07. The van der Waals surface area contributed by atoms with Gasteiger partial charge in [0, 0.05) is 35.6 Å². The highest BCUT2D eigenvalue weighted by Gasteiger charge is 2.56. The van der Waals surface area contributed by atoms with Crippen LogP contribution in [0, 0.1) is 0 Å². The van der Waals surface area contributed by atoms with Gasteiger partial charge in [0.15, 0.2) is 17.9 Å². The molecule has 2 unspecified atom stereocenters. The van der Waals surface area contributed by atoms with Crippen LogP contribution in [0.5, 0.6) is 0 Å². The molecule has 0 saturated carbocycles. The molecule has 3 aromatic carbocycles. The summed E-state index contributed by atoms with van der Waals surface area (Å²) in [5.74, 6) is 0. The summed E-state index contributed by atoms with van der Waals surface area (Å²) in [4.78, 5) is 0. The predicted octanol–water partition coefficient (Wildman–Crippen LogP) is 8.66. The first-order valence-corrected chi connectivity index (χ1v) is 15.3.